The second-order valence-corrected chi connectivity index (χ2v) is 5.84. The Kier molecular flexibility index (Phi) is 6.34. The van der Waals surface area contributed by atoms with Crippen molar-refractivity contribution in [3.05, 3.63) is 77.9 Å². The number of nitrogens with one attached hydrogen (secondary N) is 1. The van der Waals surface area contributed by atoms with Crippen LogP contribution >= 0.6 is 0 Å². The van der Waals surface area contributed by atoms with Gasteiger partial charge in [0.15, 0.2) is 0 Å². The maximum atomic E-state index is 11.9. The molecule has 0 radical (unpaired) electrons. The van der Waals surface area contributed by atoms with E-state index in [-0.39, 0.29) is 13.0 Å². The first kappa shape index (κ1) is 18.3. The summed E-state index contributed by atoms with van der Waals surface area (Å²) in [6.45, 7) is 1.54. The molecule has 0 aromatic heterocycles. The normalized spacial score (nSPS) is 13.2. The number of aliphatic carboxylic acids is 1. The van der Waals surface area contributed by atoms with E-state index < -0.39 is 17.6 Å². The number of hydrogen-bond acceptors (Lipinski definition) is 3. The van der Waals surface area contributed by atoms with Gasteiger partial charge in [-0.25, -0.2) is 9.59 Å². The predicted molar refractivity (Wildman–Crippen MR) is 95.9 cm³/mol. The second-order valence-electron chi connectivity index (χ2n) is 5.84. The second kappa shape index (κ2) is 8.68. The lowest BCUT2D eigenvalue weighted by Gasteiger charge is -2.24. The Morgan fingerprint density at radius 1 is 1.08 bits per heavy atom. The molecule has 2 aromatic rings. The summed E-state index contributed by atoms with van der Waals surface area (Å²) in [7, 11) is 0. The van der Waals surface area contributed by atoms with Crippen molar-refractivity contribution in [1.29, 1.82) is 0 Å². The van der Waals surface area contributed by atoms with Gasteiger partial charge in [-0.05, 0) is 24.5 Å². The third-order valence-corrected chi connectivity index (χ3v) is 3.70. The molecule has 0 aliphatic heterocycles. The van der Waals surface area contributed by atoms with Crippen molar-refractivity contribution in [1.82, 2.24) is 5.32 Å². The predicted octanol–water partition coefficient (Wildman–Crippen LogP) is 3.86. The minimum absolute atomic E-state index is 0.0855. The number of carbonyl (C=O) groups excluding carboxylic acids is 1. The molecule has 0 unspecified atom stereocenters. The van der Waals surface area contributed by atoms with Crippen LogP contribution in [0.1, 0.15) is 24.5 Å². The monoisotopic (exact) mass is 339 g/mol. The van der Waals surface area contributed by atoms with Crippen molar-refractivity contribution in [2.45, 2.75) is 25.5 Å². The highest BCUT2D eigenvalue weighted by molar-refractivity contribution is 5.84. The molecule has 0 heterocycles. The number of carboxylic acid groups (broad SMARTS) is 1. The van der Waals surface area contributed by atoms with E-state index in [2.05, 4.69) is 5.32 Å². The summed E-state index contributed by atoms with van der Waals surface area (Å²) in [5.74, 6) is -1.12. The van der Waals surface area contributed by atoms with Gasteiger partial charge in [0, 0.05) is 0 Å². The van der Waals surface area contributed by atoms with Crippen molar-refractivity contribution in [3.63, 3.8) is 0 Å². The highest BCUT2D eigenvalue weighted by Crippen LogP contribution is 2.14. The third kappa shape index (κ3) is 5.80. The zero-order valence-corrected chi connectivity index (χ0v) is 14.0. The van der Waals surface area contributed by atoms with Crippen LogP contribution < -0.4 is 5.32 Å². The maximum absolute atomic E-state index is 11.9. The van der Waals surface area contributed by atoms with Crippen LogP contribution in [0.25, 0.3) is 6.08 Å². The smallest absolute Gasteiger partial charge is 0.408 e. The standard InChI is InChI=1S/C20H21NO4/c1-20(18(22)23,14-8-13-16-9-4-2-5-10-16)21-19(24)25-15-17-11-6-3-7-12-17/h2-13H,14-15H2,1H3,(H,21,24)(H,22,23)/b13-8+/t20-/m1/s1. The molecule has 0 saturated carbocycles. The first-order valence-electron chi connectivity index (χ1n) is 7.93. The fraction of sp³-hybridized carbons (Fsp3) is 0.200. The van der Waals surface area contributed by atoms with E-state index in [9.17, 15) is 14.7 Å². The Labute approximate surface area is 146 Å². The first-order valence-corrected chi connectivity index (χ1v) is 7.93. The van der Waals surface area contributed by atoms with Crippen LogP contribution in [-0.2, 0) is 16.1 Å². The fourth-order valence-electron chi connectivity index (χ4n) is 2.17. The third-order valence-electron chi connectivity index (χ3n) is 3.70. The van der Waals surface area contributed by atoms with E-state index in [1.54, 1.807) is 6.08 Å². The molecule has 0 fully saturated rings. The van der Waals surface area contributed by atoms with Crippen LogP contribution in [0.5, 0.6) is 0 Å². The molecule has 1 amide bonds. The number of alkyl carbamates (subject to hydrolysis) is 1. The van der Waals surface area contributed by atoms with E-state index in [0.29, 0.717) is 0 Å². The summed E-state index contributed by atoms with van der Waals surface area (Å²) in [4.78, 5) is 23.5. The topological polar surface area (TPSA) is 75.6 Å². The number of amides is 1. The SMILES string of the molecule is C[C@](C/C=C/c1ccccc1)(NC(=O)OCc1ccccc1)C(=O)O. The first-order chi connectivity index (χ1) is 12.0. The average molecular weight is 339 g/mol. The van der Waals surface area contributed by atoms with Crippen molar-refractivity contribution in [2.24, 2.45) is 0 Å². The molecule has 0 aliphatic carbocycles. The lowest BCUT2D eigenvalue weighted by Crippen LogP contribution is -2.52. The highest BCUT2D eigenvalue weighted by atomic mass is 16.5. The van der Waals surface area contributed by atoms with Crippen LogP contribution in [0.15, 0.2) is 66.7 Å². The van der Waals surface area contributed by atoms with Gasteiger partial charge in [-0.15, -0.1) is 0 Å². The molecule has 5 nitrogen and oxygen atoms in total. The molecule has 0 aliphatic rings. The minimum Gasteiger partial charge on any atom is -0.480 e. The molecule has 2 aromatic carbocycles. The summed E-state index contributed by atoms with van der Waals surface area (Å²) < 4.78 is 5.10. The van der Waals surface area contributed by atoms with Gasteiger partial charge in [-0.2, -0.15) is 0 Å². The summed E-state index contributed by atoms with van der Waals surface area (Å²) >= 11 is 0. The zero-order valence-electron chi connectivity index (χ0n) is 14.0. The molecule has 5 heteroatoms. The fourth-order valence-corrected chi connectivity index (χ4v) is 2.17. The van der Waals surface area contributed by atoms with E-state index >= 15 is 0 Å². The number of carbonyl (C=O) groups is 2. The number of hydrogen-bond donors (Lipinski definition) is 2. The summed E-state index contributed by atoms with van der Waals surface area (Å²) in [6, 6.07) is 18.7. The number of rotatable bonds is 7. The van der Waals surface area contributed by atoms with Gasteiger partial charge >= 0.3 is 12.1 Å². The van der Waals surface area contributed by atoms with Crippen molar-refractivity contribution < 1.29 is 19.4 Å². The molecule has 2 rings (SSSR count). The van der Waals surface area contributed by atoms with E-state index in [4.69, 9.17) is 4.74 Å². The molecular weight excluding hydrogens is 318 g/mol. The molecular formula is C20H21NO4. The van der Waals surface area contributed by atoms with Gasteiger partial charge in [0.05, 0.1) is 0 Å². The molecule has 2 N–H and O–H groups in total. The van der Waals surface area contributed by atoms with Crippen LogP contribution in [0.4, 0.5) is 4.79 Å². The maximum Gasteiger partial charge on any atom is 0.408 e. The summed E-state index contributed by atoms with van der Waals surface area (Å²) in [5.41, 5.74) is 0.347. The van der Waals surface area contributed by atoms with E-state index in [0.717, 1.165) is 11.1 Å². The van der Waals surface area contributed by atoms with Crippen molar-refractivity contribution in [2.75, 3.05) is 0 Å². The Morgan fingerprint density at radius 2 is 1.68 bits per heavy atom. The average Bonchev–Trinajstić information content (AvgIpc) is 2.61. The lowest BCUT2D eigenvalue weighted by atomic mass is 9.97. The van der Waals surface area contributed by atoms with E-state index in [1.807, 2.05) is 66.7 Å². The highest BCUT2D eigenvalue weighted by Gasteiger charge is 2.34. The largest absolute Gasteiger partial charge is 0.480 e. The van der Waals surface area contributed by atoms with Crippen LogP contribution in [-0.4, -0.2) is 22.7 Å². The van der Waals surface area contributed by atoms with Gasteiger partial charge < -0.3 is 15.2 Å². The van der Waals surface area contributed by atoms with Gasteiger partial charge in [0.25, 0.3) is 0 Å². The number of ether oxygens (including phenoxy) is 1. The summed E-state index contributed by atoms with van der Waals surface area (Å²) in [6.07, 6.45) is 2.92. The molecule has 0 spiro atoms. The molecule has 130 valence electrons. The van der Waals surface area contributed by atoms with Gasteiger partial charge in [0.1, 0.15) is 12.1 Å². The summed E-state index contributed by atoms with van der Waals surface area (Å²) in [5, 5.41) is 11.9. The van der Waals surface area contributed by atoms with Crippen LogP contribution in [0.2, 0.25) is 0 Å². The Bertz CT molecular complexity index is 728. The minimum atomic E-state index is -1.45. The van der Waals surface area contributed by atoms with Gasteiger partial charge in [0.2, 0.25) is 0 Å². The van der Waals surface area contributed by atoms with Crippen LogP contribution in [0.3, 0.4) is 0 Å². The zero-order chi connectivity index (χ0) is 18.1. The molecule has 1 atom stereocenters. The number of carboxylic acids is 1. The van der Waals surface area contributed by atoms with Crippen molar-refractivity contribution in [3.8, 4) is 0 Å². The van der Waals surface area contributed by atoms with Gasteiger partial charge in [-0.1, -0.05) is 72.8 Å². The Morgan fingerprint density at radius 3 is 2.28 bits per heavy atom. The van der Waals surface area contributed by atoms with E-state index in [1.165, 1.54) is 6.92 Å². The Hall–Kier alpha value is -3.08. The lowest BCUT2D eigenvalue weighted by molar-refractivity contribution is -0.143. The molecule has 0 saturated heterocycles. The number of benzene rings is 2. The molecule has 25 heavy (non-hydrogen) atoms. The quantitative estimate of drug-likeness (QED) is 0.803. The van der Waals surface area contributed by atoms with Crippen LogP contribution in [0, 0.1) is 0 Å². The Balaban J connectivity index is 1.92. The molecule has 0 bridgehead atoms. The van der Waals surface area contributed by atoms with Gasteiger partial charge in [-0.3, -0.25) is 0 Å². The van der Waals surface area contributed by atoms with Crippen molar-refractivity contribution >= 4 is 18.1 Å².